The second kappa shape index (κ2) is 8.78. The van der Waals surface area contributed by atoms with Crippen LogP contribution in [0.4, 0.5) is 5.69 Å². The van der Waals surface area contributed by atoms with Gasteiger partial charge in [-0.15, -0.1) is 24.2 Å². The standard InChI is InChI=1S/C12H17N3O3S.ClH/c1-13-6-7-14(2)12(16)10-8-9(19-3)4-5-11(10)15(17)18;/h4-5,8,13H,6-7H2,1-3H3;1H. The molecule has 0 aromatic heterocycles. The molecule has 1 amide bonds. The molecular formula is C12H18ClN3O3S. The van der Waals surface area contributed by atoms with Crippen LogP contribution in [-0.4, -0.2) is 49.2 Å². The van der Waals surface area contributed by atoms with Crippen molar-refractivity contribution in [3.05, 3.63) is 33.9 Å². The number of thioether (sulfide) groups is 1. The molecule has 0 unspecified atom stereocenters. The largest absolute Gasteiger partial charge is 0.340 e. The number of nitro benzene ring substituents is 1. The summed E-state index contributed by atoms with van der Waals surface area (Å²) in [5.74, 6) is -0.335. The molecule has 0 saturated carbocycles. The number of likely N-dealkylation sites (N-methyl/N-ethyl adjacent to an activating group) is 2. The van der Waals surface area contributed by atoms with Crippen molar-refractivity contribution < 1.29 is 9.72 Å². The number of rotatable bonds is 6. The van der Waals surface area contributed by atoms with E-state index in [0.29, 0.717) is 13.1 Å². The number of hydrogen-bond acceptors (Lipinski definition) is 5. The summed E-state index contributed by atoms with van der Waals surface area (Å²) >= 11 is 1.44. The molecule has 0 fully saturated rings. The van der Waals surface area contributed by atoms with Crippen LogP contribution in [0.15, 0.2) is 23.1 Å². The third kappa shape index (κ3) is 4.66. The Labute approximate surface area is 128 Å². The minimum Gasteiger partial charge on any atom is -0.340 e. The third-order valence-corrected chi connectivity index (χ3v) is 3.40. The molecule has 1 N–H and O–H groups in total. The van der Waals surface area contributed by atoms with Crippen LogP contribution < -0.4 is 5.32 Å². The van der Waals surface area contributed by atoms with Crippen LogP contribution in [-0.2, 0) is 0 Å². The minimum absolute atomic E-state index is 0. The van der Waals surface area contributed by atoms with E-state index in [-0.39, 0.29) is 29.6 Å². The first-order valence-electron chi connectivity index (χ1n) is 5.73. The number of nitrogens with one attached hydrogen (secondary N) is 1. The molecule has 20 heavy (non-hydrogen) atoms. The van der Waals surface area contributed by atoms with Gasteiger partial charge in [0, 0.05) is 31.1 Å². The topological polar surface area (TPSA) is 75.5 Å². The van der Waals surface area contributed by atoms with Crippen LogP contribution in [0.25, 0.3) is 0 Å². The highest BCUT2D eigenvalue weighted by Gasteiger charge is 2.23. The van der Waals surface area contributed by atoms with Gasteiger partial charge < -0.3 is 10.2 Å². The van der Waals surface area contributed by atoms with Crippen LogP contribution >= 0.6 is 24.2 Å². The quantitative estimate of drug-likeness (QED) is 0.493. The highest BCUT2D eigenvalue weighted by Crippen LogP contribution is 2.25. The maximum Gasteiger partial charge on any atom is 0.282 e. The SMILES string of the molecule is CNCCN(C)C(=O)c1cc(SC)ccc1[N+](=O)[O-].Cl. The van der Waals surface area contributed by atoms with Crippen molar-refractivity contribution in [2.75, 3.05) is 33.4 Å². The van der Waals surface area contributed by atoms with E-state index in [1.807, 2.05) is 6.26 Å². The van der Waals surface area contributed by atoms with Gasteiger partial charge in [0.25, 0.3) is 11.6 Å². The third-order valence-electron chi connectivity index (χ3n) is 2.67. The van der Waals surface area contributed by atoms with Gasteiger partial charge in [0.2, 0.25) is 0 Å². The smallest absolute Gasteiger partial charge is 0.282 e. The predicted octanol–water partition coefficient (Wildman–Crippen LogP) is 2.03. The molecular weight excluding hydrogens is 302 g/mol. The van der Waals surface area contributed by atoms with Gasteiger partial charge in [-0.3, -0.25) is 14.9 Å². The fourth-order valence-electron chi connectivity index (χ4n) is 1.56. The molecule has 0 radical (unpaired) electrons. The molecule has 0 spiro atoms. The Hall–Kier alpha value is -1.31. The van der Waals surface area contributed by atoms with Crippen molar-refractivity contribution in [2.24, 2.45) is 0 Å². The fraction of sp³-hybridized carbons (Fsp3) is 0.417. The molecule has 0 bridgehead atoms. The molecule has 0 aliphatic carbocycles. The lowest BCUT2D eigenvalue weighted by molar-refractivity contribution is -0.385. The maximum absolute atomic E-state index is 12.2. The van der Waals surface area contributed by atoms with E-state index in [0.717, 1.165) is 4.90 Å². The number of carbonyl (C=O) groups excluding carboxylic acids is 1. The Bertz CT molecular complexity index is 485. The average molecular weight is 320 g/mol. The number of nitrogens with zero attached hydrogens (tertiary/aromatic N) is 2. The normalized spacial score (nSPS) is 9.75. The van der Waals surface area contributed by atoms with Crippen molar-refractivity contribution >= 4 is 35.8 Å². The van der Waals surface area contributed by atoms with Crippen molar-refractivity contribution in [1.29, 1.82) is 0 Å². The van der Waals surface area contributed by atoms with E-state index in [4.69, 9.17) is 0 Å². The molecule has 0 heterocycles. The van der Waals surface area contributed by atoms with Crippen LogP contribution in [0.2, 0.25) is 0 Å². The maximum atomic E-state index is 12.2. The molecule has 112 valence electrons. The Morgan fingerprint density at radius 1 is 1.50 bits per heavy atom. The predicted molar refractivity (Wildman–Crippen MR) is 83.0 cm³/mol. The molecule has 1 rings (SSSR count). The van der Waals surface area contributed by atoms with Crippen LogP contribution in [0.1, 0.15) is 10.4 Å². The van der Waals surface area contributed by atoms with Crippen LogP contribution in [0.5, 0.6) is 0 Å². The van der Waals surface area contributed by atoms with Crippen molar-refractivity contribution in [3.8, 4) is 0 Å². The van der Waals surface area contributed by atoms with Crippen molar-refractivity contribution in [1.82, 2.24) is 10.2 Å². The minimum atomic E-state index is -0.525. The van der Waals surface area contributed by atoms with E-state index < -0.39 is 4.92 Å². The molecule has 0 atom stereocenters. The van der Waals surface area contributed by atoms with Gasteiger partial charge in [-0.25, -0.2) is 0 Å². The zero-order valence-electron chi connectivity index (χ0n) is 11.6. The first-order chi connectivity index (χ1) is 9.01. The van der Waals surface area contributed by atoms with Crippen molar-refractivity contribution in [2.45, 2.75) is 4.90 Å². The molecule has 0 aliphatic heterocycles. The molecule has 1 aromatic carbocycles. The van der Waals surface area contributed by atoms with Crippen molar-refractivity contribution in [3.63, 3.8) is 0 Å². The van der Waals surface area contributed by atoms with Gasteiger partial charge in [0.05, 0.1) is 4.92 Å². The molecule has 6 nitrogen and oxygen atoms in total. The van der Waals surface area contributed by atoms with Gasteiger partial charge in [0.1, 0.15) is 5.56 Å². The first kappa shape index (κ1) is 18.7. The van der Waals surface area contributed by atoms with E-state index in [9.17, 15) is 14.9 Å². The summed E-state index contributed by atoms with van der Waals surface area (Å²) in [5, 5.41) is 13.9. The Balaban J connectivity index is 0.00000361. The molecule has 0 aliphatic rings. The monoisotopic (exact) mass is 319 g/mol. The highest BCUT2D eigenvalue weighted by molar-refractivity contribution is 7.98. The summed E-state index contributed by atoms with van der Waals surface area (Å²) in [6.45, 7) is 1.13. The van der Waals surface area contributed by atoms with E-state index in [1.165, 1.54) is 22.7 Å². The Kier molecular flexibility index (Phi) is 8.21. The average Bonchev–Trinajstić information content (AvgIpc) is 2.42. The summed E-state index contributed by atoms with van der Waals surface area (Å²) < 4.78 is 0. The zero-order valence-corrected chi connectivity index (χ0v) is 13.2. The zero-order chi connectivity index (χ0) is 14.4. The molecule has 8 heteroatoms. The Morgan fingerprint density at radius 3 is 2.65 bits per heavy atom. The molecule has 1 aromatic rings. The summed E-state index contributed by atoms with van der Waals surface area (Å²) in [4.78, 5) is 25.0. The van der Waals surface area contributed by atoms with E-state index >= 15 is 0 Å². The summed E-state index contributed by atoms with van der Waals surface area (Å²) in [6, 6.07) is 4.60. The second-order valence-electron chi connectivity index (χ2n) is 3.97. The summed E-state index contributed by atoms with van der Waals surface area (Å²) in [7, 11) is 3.42. The number of hydrogen-bond donors (Lipinski definition) is 1. The molecule has 0 saturated heterocycles. The number of benzene rings is 1. The highest BCUT2D eigenvalue weighted by atomic mass is 35.5. The van der Waals surface area contributed by atoms with Gasteiger partial charge in [-0.2, -0.15) is 0 Å². The fourth-order valence-corrected chi connectivity index (χ4v) is 2.00. The van der Waals surface area contributed by atoms with Gasteiger partial charge >= 0.3 is 0 Å². The number of amides is 1. The number of carbonyl (C=O) groups is 1. The van der Waals surface area contributed by atoms with Crippen LogP contribution in [0, 0.1) is 10.1 Å². The van der Waals surface area contributed by atoms with E-state index in [1.54, 1.807) is 26.2 Å². The summed E-state index contributed by atoms with van der Waals surface area (Å²) in [6.07, 6.45) is 1.86. The van der Waals surface area contributed by atoms with Crippen LogP contribution in [0.3, 0.4) is 0 Å². The summed E-state index contributed by atoms with van der Waals surface area (Å²) in [5.41, 5.74) is -0.0189. The number of halogens is 1. The lowest BCUT2D eigenvalue weighted by atomic mass is 10.1. The lowest BCUT2D eigenvalue weighted by Crippen LogP contribution is -2.33. The van der Waals surface area contributed by atoms with Gasteiger partial charge in [-0.1, -0.05) is 0 Å². The van der Waals surface area contributed by atoms with Gasteiger partial charge in [-0.05, 0) is 25.4 Å². The first-order valence-corrected chi connectivity index (χ1v) is 6.96. The lowest BCUT2D eigenvalue weighted by Gasteiger charge is -2.17. The second-order valence-corrected chi connectivity index (χ2v) is 4.85. The number of nitro groups is 1. The van der Waals surface area contributed by atoms with E-state index in [2.05, 4.69) is 5.32 Å². The Morgan fingerprint density at radius 2 is 2.15 bits per heavy atom. The van der Waals surface area contributed by atoms with Gasteiger partial charge in [0.15, 0.2) is 0 Å².